The molecule has 0 spiro atoms. The van der Waals surface area contributed by atoms with E-state index in [4.69, 9.17) is 4.74 Å². The molecule has 0 aromatic heterocycles. The Balaban J connectivity index is 2.04. The number of benzene rings is 3. The number of hydrogen-bond acceptors (Lipinski definition) is 5. The van der Waals surface area contributed by atoms with Crippen LogP contribution in [0.15, 0.2) is 83.8 Å². The summed E-state index contributed by atoms with van der Waals surface area (Å²) in [7, 11) is -2.54. The van der Waals surface area contributed by atoms with Crippen molar-refractivity contribution in [3.63, 3.8) is 0 Å². The zero-order valence-electron chi connectivity index (χ0n) is 23.8. The van der Waals surface area contributed by atoms with Gasteiger partial charge in [0.15, 0.2) is 0 Å². The minimum atomic E-state index is -4.10. The summed E-state index contributed by atoms with van der Waals surface area (Å²) in [5.41, 5.74) is 1.97. The summed E-state index contributed by atoms with van der Waals surface area (Å²) < 4.78 is 34.4. The highest BCUT2D eigenvalue weighted by Gasteiger charge is 2.33. The van der Waals surface area contributed by atoms with Gasteiger partial charge in [0, 0.05) is 13.1 Å². The van der Waals surface area contributed by atoms with Crippen molar-refractivity contribution in [3.8, 4) is 5.75 Å². The van der Waals surface area contributed by atoms with Crippen LogP contribution in [0.25, 0.3) is 0 Å². The molecule has 9 heteroatoms. The number of sulfonamides is 1. The first-order chi connectivity index (χ1) is 19.1. The van der Waals surface area contributed by atoms with Crippen LogP contribution in [-0.2, 0) is 32.6 Å². The van der Waals surface area contributed by atoms with Crippen molar-refractivity contribution in [2.45, 2.75) is 51.6 Å². The van der Waals surface area contributed by atoms with E-state index in [-0.39, 0.29) is 23.3 Å². The Labute approximate surface area is 238 Å². The number of aryl methyl sites for hydroxylation is 1. The summed E-state index contributed by atoms with van der Waals surface area (Å²) in [5.74, 6) is 0.0412. The first-order valence-electron chi connectivity index (χ1n) is 13.4. The van der Waals surface area contributed by atoms with E-state index in [1.54, 1.807) is 56.5 Å². The monoisotopic (exact) mass is 565 g/mol. The lowest BCUT2D eigenvalue weighted by Crippen LogP contribution is -2.51. The largest absolute Gasteiger partial charge is 0.497 e. The Kier molecular flexibility index (Phi) is 10.7. The fraction of sp³-hybridized carbons (Fsp3) is 0.355. The second kappa shape index (κ2) is 14.0. The Bertz CT molecular complexity index is 1390. The lowest BCUT2D eigenvalue weighted by molar-refractivity contribution is -0.139. The molecule has 1 N–H and O–H groups in total. The summed E-state index contributed by atoms with van der Waals surface area (Å²) >= 11 is 0. The third-order valence-electron chi connectivity index (χ3n) is 6.59. The first kappa shape index (κ1) is 30.7. The van der Waals surface area contributed by atoms with Gasteiger partial charge in [0.25, 0.3) is 10.0 Å². The van der Waals surface area contributed by atoms with E-state index < -0.39 is 28.5 Å². The minimum Gasteiger partial charge on any atom is -0.497 e. The summed E-state index contributed by atoms with van der Waals surface area (Å²) in [6.45, 7) is 7.65. The smallest absolute Gasteiger partial charge is 0.264 e. The van der Waals surface area contributed by atoms with E-state index in [0.29, 0.717) is 24.4 Å². The molecule has 0 radical (unpaired) electrons. The lowest BCUT2D eigenvalue weighted by atomic mass is 10.1. The van der Waals surface area contributed by atoms with Crippen LogP contribution in [-0.4, -0.2) is 51.4 Å². The zero-order valence-corrected chi connectivity index (χ0v) is 24.6. The summed E-state index contributed by atoms with van der Waals surface area (Å²) in [5, 5.41) is 2.90. The quantitative estimate of drug-likeness (QED) is 0.326. The molecule has 0 bridgehead atoms. The number of hydrogen-bond donors (Lipinski definition) is 1. The van der Waals surface area contributed by atoms with E-state index in [1.165, 1.54) is 17.0 Å². The van der Waals surface area contributed by atoms with Gasteiger partial charge in [0.1, 0.15) is 18.3 Å². The SMILES string of the molecule is CCc1ccccc1N(CC(=O)N(Cc1cccc(OC)c1)[C@@H](C)C(=O)NCC(C)C)S(=O)(=O)c1ccccc1. The number of para-hydroxylation sites is 1. The fourth-order valence-corrected chi connectivity index (χ4v) is 5.76. The van der Waals surface area contributed by atoms with Gasteiger partial charge in [-0.3, -0.25) is 13.9 Å². The van der Waals surface area contributed by atoms with Gasteiger partial charge in [-0.05, 0) is 60.7 Å². The molecule has 0 saturated heterocycles. The third-order valence-corrected chi connectivity index (χ3v) is 8.36. The van der Waals surface area contributed by atoms with E-state index in [2.05, 4.69) is 5.32 Å². The van der Waals surface area contributed by atoms with Crippen molar-refractivity contribution in [3.05, 3.63) is 90.0 Å². The van der Waals surface area contributed by atoms with Crippen molar-refractivity contribution in [1.29, 1.82) is 0 Å². The molecule has 0 aliphatic heterocycles. The number of nitrogens with zero attached hydrogens (tertiary/aromatic N) is 2. The Morgan fingerprint density at radius 3 is 2.25 bits per heavy atom. The highest BCUT2D eigenvalue weighted by atomic mass is 32.2. The predicted octanol–water partition coefficient (Wildman–Crippen LogP) is 4.64. The molecule has 1 atom stereocenters. The van der Waals surface area contributed by atoms with E-state index in [9.17, 15) is 18.0 Å². The molecular formula is C31H39N3O5S. The number of nitrogens with one attached hydrogen (secondary N) is 1. The number of carbonyl (C=O) groups excluding carboxylic acids is 2. The van der Waals surface area contributed by atoms with Crippen LogP contribution < -0.4 is 14.4 Å². The maximum Gasteiger partial charge on any atom is 0.264 e. The Hall–Kier alpha value is -3.85. The van der Waals surface area contributed by atoms with Crippen LogP contribution in [0.2, 0.25) is 0 Å². The average molecular weight is 566 g/mol. The van der Waals surface area contributed by atoms with E-state index in [1.807, 2.05) is 45.0 Å². The van der Waals surface area contributed by atoms with Crippen molar-refractivity contribution in [2.75, 3.05) is 24.5 Å². The van der Waals surface area contributed by atoms with E-state index in [0.717, 1.165) is 15.4 Å². The van der Waals surface area contributed by atoms with Crippen molar-refractivity contribution < 1.29 is 22.7 Å². The molecule has 0 aliphatic rings. The lowest BCUT2D eigenvalue weighted by Gasteiger charge is -2.32. The topological polar surface area (TPSA) is 96.0 Å². The number of ether oxygens (including phenoxy) is 1. The van der Waals surface area contributed by atoms with Gasteiger partial charge in [0.2, 0.25) is 11.8 Å². The van der Waals surface area contributed by atoms with Crippen LogP contribution >= 0.6 is 0 Å². The van der Waals surface area contributed by atoms with Crippen LogP contribution in [0.5, 0.6) is 5.75 Å². The van der Waals surface area contributed by atoms with Gasteiger partial charge >= 0.3 is 0 Å². The number of carbonyl (C=O) groups is 2. The van der Waals surface area contributed by atoms with Crippen molar-refractivity contribution in [1.82, 2.24) is 10.2 Å². The maximum absolute atomic E-state index is 14.1. The summed E-state index contributed by atoms with van der Waals surface area (Å²) in [4.78, 5) is 28.7. The van der Waals surface area contributed by atoms with Crippen molar-refractivity contribution >= 4 is 27.5 Å². The van der Waals surface area contributed by atoms with Crippen LogP contribution in [0.4, 0.5) is 5.69 Å². The molecule has 0 heterocycles. The minimum absolute atomic E-state index is 0.0794. The summed E-state index contributed by atoms with van der Waals surface area (Å²) in [6.07, 6.45) is 0.576. The number of amides is 2. The van der Waals surface area contributed by atoms with Crippen LogP contribution in [0.3, 0.4) is 0 Å². The number of anilines is 1. The maximum atomic E-state index is 14.1. The van der Waals surface area contributed by atoms with Crippen LogP contribution in [0, 0.1) is 5.92 Å². The van der Waals surface area contributed by atoms with Crippen molar-refractivity contribution in [2.24, 2.45) is 5.92 Å². The molecule has 0 saturated carbocycles. The molecule has 0 fully saturated rings. The van der Waals surface area contributed by atoms with Crippen LogP contribution in [0.1, 0.15) is 38.8 Å². The highest BCUT2D eigenvalue weighted by molar-refractivity contribution is 7.92. The second-order valence-electron chi connectivity index (χ2n) is 10.00. The third kappa shape index (κ3) is 7.63. The standard InChI is InChI=1S/C31H39N3O5S/c1-6-26-14-10-11-18-29(26)34(40(37,38)28-16-8-7-9-17-28)22-30(35)33(24(4)31(36)32-20-23(2)3)21-25-13-12-15-27(19-25)39-5/h7-19,23-24H,6,20-22H2,1-5H3,(H,32,36)/t24-/m0/s1. The van der Waals surface area contributed by atoms with Gasteiger partial charge in [0.05, 0.1) is 17.7 Å². The molecule has 0 aliphatic carbocycles. The Morgan fingerprint density at radius 2 is 1.60 bits per heavy atom. The number of methoxy groups -OCH3 is 1. The van der Waals surface area contributed by atoms with Gasteiger partial charge in [-0.2, -0.15) is 0 Å². The van der Waals surface area contributed by atoms with Gasteiger partial charge in [-0.15, -0.1) is 0 Å². The average Bonchev–Trinajstić information content (AvgIpc) is 2.97. The normalized spacial score (nSPS) is 12.1. The molecule has 3 rings (SSSR count). The molecule has 3 aromatic carbocycles. The fourth-order valence-electron chi connectivity index (χ4n) is 4.29. The molecular weight excluding hydrogens is 526 g/mol. The molecule has 0 unspecified atom stereocenters. The zero-order chi connectivity index (χ0) is 29.3. The number of rotatable bonds is 13. The summed E-state index contributed by atoms with van der Waals surface area (Å²) in [6, 6.07) is 21.6. The molecule has 8 nitrogen and oxygen atoms in total. The van der Waals surface area contributed by atoms with Gasteiger partial charge in [-0.1, -0.05) is 69.3 Å². The van der Waals surface area contributed by atoms with E-state index >= 15 is 0 Å². The highest BCUT2D eigenvalue weighted by Crippen LogP contribution is 2.28. The second-order valence-corrected chi connectivity index (χ2v) is 11.9. The Morgan fingerprint density at radius 1 is 0.925 bits per heavy atom. The van der Waals surface area contributed by atoms with Gasteiger partial charge < -0.3 is 15.0 Å². The van der Waals surface area contributed by atoms with Gasteiger partial charge in [-0.25, -0.2) is 8.42 Å². The predicted molar refractivity (Wildman–Crippen MR) is 158 cm³/mol. The molecule has 40 heavy (non-hydrogen) atoms. The molecule has 2 amide bonds. The first-order valence-corrected chi connectivity index (χ1v) is 14.9. The molecule has 214 valence electrons. The molecule has 3 aromatic rings.